The monoisotopic (exact) mass is 407 g/mol. The summed E-state index contributed by atoms with van der Waals surface area (Å²) in [5.74, 6) is 1.07. The third-order valence-electron chi connectivity index (χ3n) is 6.65. The first-order valence-corrected chi connectivity index (χ1v) is 11.3. The van der Waals surface area contributed by atoms with Gasteiger partial charge in [0.25, 0.3) is 5.91 Å². The molecule has 2 fully saturated rings. The average Bonchev–Trinajstić information content (AvgIpc) is 3.59. The number of carbonyl (C=O) groups is 1. The molecule has 2 aliphatic rings. The van der Waals surface area contributed by atoms with Gasteiger partial charge in [0.05, 0.1) is 0 Å². The van der Waals surface area contributed by atoms with Crippen LogP contribution < -0.4 is 10.8 Å². The van der Waals surface area contributed by atoms with Gasteiger partial charge in [0.1, 0.15) is 0 Å². The van der Waals surface area contributed by atoms with Crippen LogP contribution in [0.15, 0.2) is 54.6 Å². The highest BCUT2D eigenvalue weighted by atomic mass is 16.5. The molecule has 1 aliphatic carbocycles. The summed E-state index contributed by atoms with van der Waals surface area (Å²) in [4.78, 5) is 14.0. The first-order valence-electron chi connectivity index (χ1n) is 11.3. The van der Waals surface area contributed by atoms with Crippen molar-refractivity contribution in [2.75, 3.05) is 26.2 Å². The summed E-state index contributed by atoms with van der Waals surface area (Å²) in [6.45, 7) is 4.71. The summed E-state index contributed by atoms with van der Waals surface area (Å²) in [5.41, 5.74) is 4.87. The van der Waals surface area contributed by atoms with Gasteiger partial charge in [-0.1, -0.05) is 42.5 Å². The van der Waals surface area contributed by atoms with E-state index in [1.807, 2.05) is 12.1 Å². The molecular formula is C25H33N3O2. The van der Waals surface area contributed by atoms with Crippen molar-refractivity contribution < 1.29 is 10.0 Å². The van der Waals surface area contributed by atoms with Crippen LogP contribution in [0.2, 0.25) is 0 Å². The molecule has 0 radical (unpaired) electrons. The number of amides is 1. The molecule has 0 spiro atoms. The Hall–Kier alpha value is -2.21. The van der Waals surface area contributed by atoms with Crippen molar-refractivity contribution >= 4 is 5.91 Å². The molecule has 2 aromatic rings. The molecule has 5 nitrogen and oxygen atoms in total. The first kappa shape index (κ1) is 21.0. The molecule has 0 bridgehead atoms. The Balaban J connectivity index is 1.09. The molecule has 0 aromatic heterocycles. The predicted octanol–water partition coefficient (Wildman–Crippen LogP) is 3.60. The summed E-state index contributed by atoms with van der Waals surface area (Å²) in [5, 5.41) is 12.5. The fourth-order valence-electron chi connectivity index (χ4n) is 4.62. The van der Waals surface area contributed by atoms with Crippen molar-refractivity contribution in [2.45, 2.75) is 44.1 Å². The molecule has 1 heterocycles. The van der Waals surface area contributed by atoms with Crippen LogP contribution in [0, 0.1) is 5.92 Å². The van der Waals surface area contributed by atoms with Crippen LogP contribution in [-0.4, -0.2) is 48.2 Å². The highest BCUT2D eigenvalue weighted by molar-refractivity contribution is 5.93. The first-order chi connectivity index (χ1) is 14.7. The van der Waals surface area contributed by atoms with Gasteiger partial charge in [-0.15, -0.1) is 0 Å². The largest absolute Gasteiger partial charge is 0.313 e. The standard InChI is InChI=1S/C25H33N3O2/c29-25(27-30)22-10-8-19(9-11-22)5-4-14-28-15-12-20(13-16-28)18-26-24-17-23(24)21-6-2-1-3-7-21/h1-3,6-11,20,23-24,26,30H,4-5,12-18H2,(H,27,29). The van der Waals surface area contributed by atoms with E-state index in [2.05, 4.69) is 40.5 Å². The average molecular weight is 408 g/mol. The van der Waals surface area contributed by atoms with Crippen molar-refractivity contribution in [2.24, 2.45) is 5.92 Å². The van der Waals surface area contributed by atoms with Gasteiger partial charge in [0.2, 0.25) is 0 Å². The number of benzene rings is 2. The molecule has 1 aliphatic heterocycles. The number of nitrogens with one attached hydrogen (secondary N) is 2. The van der Waals surface area contributed by atoms with E-state index in [9.17, 15) is 4.79 Å². The number of piperidine rings is 1. The van der Waals surface area contributed by atoms with Crippen LogP contribution in [0.25, 0.3) is 0 Å². The zero-order valence-electron chi connectivity index (χ0n) is 17.6. The number of hydrogen-bond donors (Lipinski definition) is 3. The maximum atomic E-state index is 11.4. The van der Waals surface area contributed by atoms with Crippen LogP contribution in [0.3, 0.4) is 0 Å². The Morgan fingerprint density at radius 1 is 1.03 bits per heavy atom. The lowest BCUT2D eigenvalue weighted by Gasteiger charge is -2.32. The Bertz CT molecular complexity index is 801. The Morgan fingerprint density at radius 3 is 2.47 bits per heavy atom. The van der Waals surface area contributed by atoms with E-state index in [1.54, 1.807) is 17.6 Å². The van der Waals surface area contributed by atoms with Gasteiger partial charge in [-0.2, -0.15) is 0 Å². The third kappa shape index (κ3) is 5.69. The predicted molar refractivity (Wildman–Crippen MR) is 119 cm³/mol. The van der Waals surface area contributed by atoms with Crippen LogP contribution in [0.5, 0.6) is 0 Å². The molecule has 160 valence electrons. The zero-order valence-corrected chi connectivity index (χ0v) is 17.6. The summed E-state index contributed by atoms with van der Waals surface area (Å²) in [6.07, 6.45) is 6.02. The van der Waals surface area contributed by atoms with Gasteiger partial charge in [-0.3, -0.25) is 10.0 Å². The minimum absolute atomic E-state index is 0.462. The number of nitrogens with zero attached hydrogens (tertiary/aromatic N) is 1. The summed E-state index contributed by atoms with van der Waals surface area (Å²) < 4.78 is 0. The van der Waals surface area contributed by atoms with Gasteiger partial charge in [0, 0.05) is 17.5 Å². The summed E-state index contributed by atoms with van der Waals surface area (Å²) >= 11 is 0. The third-order valence-corrected chi connectivity index (χ3v) is 6.65. The highest BCUT2D eigenvalue weighted by Crippen LogP contribution is 2.40. The van der Waals surface area contributed by atoms with Gasteiger partial charge < -0.3 is 10.2 Å². The van der Waals surface area contributed by atoms with Crippen LogP contribution in [0.1, 0.15) is 53.1 Å². The lowest BCUT2D eigenvalue weighted by molar-refractivity contribution is 0.0706. The Kier molecular flexibility index (Phi) is 7.16. The number of likely N-dealkylation sites (tertiary alicyclic amines) is 1. The van der Waals surface area contributed by atoms with Crippen molar-refractivity contribution in [1.82, 2.24) is 15.7 Å². The quantitative estimate of drug-likeness (QED) is 0.439. The molecule has 4 rings (SSSR count). The van der Waals surface area contributed by atoms with Gasteiger partial charge >= 0.3 is 0 Å². The topological polar surface area (TPSA) is 64.6 Å². The minimum Gasteiger partial charge on any atom is -0.313 e. The fourth-order valence-corrected chi connectivity index (χ4v) is 4.62. The maximum absolute atomic E-state index is 11.4. The van der Waals surface area contributed by atoms with E-state index in [0.717, 1.165) is 37.8 Å². The smallest absolute Gasteiger partial charge is 0.274 e. The number of carbonyl (C=O) groups excluding carboxylic acids is 1. The lowest BCUT2D eigenvalue weighted by Crippen LogP contribution is -2.38. The second-order valence-corrected chi connectivity index (χ2v) is 8.79. The van der Waals surface area contributed by atoms with E-state index >= 15 is 0 Å². The summed E-state index contributed by atoms with van der Waals surface area (Å²) in [7, 11) is 0. The zero-order chi connectivity index (χ0) is 20.8. The lowest BCUT2D eigenvalue weighted by atomic mass is 9.96. The highest BCUT2D eigenvalue weighted by Gasteiger charge is 2.38. The van der Waals surface area contributed by atoms with E-state index in [-0.39, 0.29) is 0 Å². The number of aryl methyl sites for hydroxylation is 1. The van der Waals surface area contributed by atoms with Crippen molar-refractivity contribution in [3.05, 3.63) is 71.3 Å². The van der Waals surface area contributed by atoms with Crippen molar-refractivity contribution in [1.29, 1.82) is 0 Å². The normalized spacial score (nSPS) is 22.0. The molecule has 2 unspecified atom stereocenters. The van der Waals surface area contributed by atoms with E-state index in [4.69, 9.17) is 5.21 Å². The molecule has 2 aromatic carbocycles. The molecule has 1 amide bonds. The number of hydrogen-bond acceptors (Lipinski definition) is 4. The SMILES string of the molecule is O=C(NO)c1ccc(CCCN2CCC(CNC3CC3c3ccccc3)CC2)cc1. The van der Waals surface area contributed by atoms with E-state index < -0.39 is 5.91 Å². The van der Waals surface area contributed by atoms with Crippen LogP contribution in [-0.2, 0) is 6.42 Å². The fraction of sp³-hybridized carbons (Fsp3) is 0.480. The number of rotatable bonds is 9. The molecule has 2 atom stereocenters. The maximum Gasteiger partial charge on any atom is 0.274 e. The second kappa shape index (κ2) is 10.2. The van der Waals surface area contributed by atoms with Crippen LogP contribution in [0.4, 0.5) is 0 Å². The molecule has 1 saturated carbocycles. The van der Waals surface area contributed by atoms with E-state index in [0.29, 0.717) is 11.6 Å². The van der Waals surface area contributed by atoms with E-state index in [1.165, 1.54) is 43.5 Å². The van der Waals surface area contributed by atoms with Gasteiger partial charge in [-0.25, -0.2) is 5.48 Å². The molecule has 30 heavy (non-hydrogen) atoms. The molecular weight excluding hydrogens is 374 g/mol. The van der Waals surface area contributed by atoms with Gasteiger partial charge in [0.15, 0.2) is 0 Å². The van der Waals surface area contributed by atoms with Crippen LogP contribution >= 0.6 is 0 Å². The molecule has 1 saturated heterocycles. The molecule has 5 heteroatoms. The Labute approximate surface area is 179 Å². The second-order valence-electron chi connectivity index (χ2n) is 8.79. The summed E-state index contributed by atoms with van der Waals surface area (Å²) in [6, 6.07) is 19.1. The van der Waals surface area contributed by atoms with Gasteiger partial charge in [-0.05, 0) is 87.5 Å². The van der Waals surface area contributed by atoms with Crippen molar-refractivity contribution in [3.63, 3.8) is 0 Å². The Morgan fingerprint density at radius 2 is 1.77 bits per heavy atom. The van der Waals surface area contributed by atoms with Crippen molar-refractivity contribution in [3.8, 4) is 0 Å². The number of hydroxylamine groups is 1. The minimum atomic E-state index is -0.462. The molecule has 3 N–H and O–H groups in total.